The van der Waals surface area contributed by atoms with Crippen LogP contribution in [-0.4, -0.2) is 47.5 Å². The summed E-state index contributed by atoms with van der Waals surface area (Å²) in [5.74, 6) is 0.306. The molecule has 3 aliphatic heterocycles. The van der Waals surface area contributed by atoms with E-state index in [1.807, 2.05) is 13.8 Å². The molecule has 1 unspecified atom stereocenters. The monoisotopic (exact) mass is 421 g/mol. The summed E-state index contributed by atoms with van der Waals surface area (Å²) in [6, 6.07) is 11.8. The van der Waals surface area contributed by atoms with Gasteiger partial charge in [0, 0.05) is 30.6 Å². The highest BCUT2D eigenvalue weighted by Crippen LogP contribution is 2.46. The molecule has 2 aromatic carbocycles. The number of rotatable bonds is 3. The number of benzene rings is 2. The molecule has 3 amide bonds. The van der Waals surface area contributed by atoms with Crippen molar-refractivity contribution in [2.24, 2.45) is 0 Å². The fourth-order valence-electron chi connectivity index (χ4n) is 4.76. The highest BCUT2D eigenvalue weighted by atomic mass is 16.6. The molecule has 0 bridgehead atoms. The van der Waals surface area contributed by atoms with Gasteiger partial charge in [0.25, 0.3) is 11.8 Å². The zero-order valence-electron chi connectivity index (χ0n) is 17.4. The first kappa shape index (κ1) is 19.4. The Balaban J connectivity index is 1.59. The predicted octanol–water partition coefficient (Wildman–Crippen LogP) is 2.78. The van der Waals surface area contributed by atoms with Crippen LogP contribution in [0.3, 0.4) is 0 Å². The molecule has 0 saturated carbocycles. The average Bonchev–Trinajstić information content (AvgIpc) is 3.12. The molecule has 160 valence electrons. The molecule has 31 heavy (non-hydrogen) atoms. The minimum Gasteiger partial charge on any atom is -0.486 e. The van der Waals surface area contributed by atoms with E-state index in [2.05, 4.69) is 5.32 Å². The van der Waals surface area contributed by atoms with Gasteiger partial charge >= 0.3 is 0 Å². The van der Waals surface area contributed by atoms with Crippen LogP contribution in [0.2, 0.25) is 0 Å². The Hall–Kier alpha value is -3.55. The molecular weight excluding hydrogens is 398 g/mol. The first-order valence-electron chi connectivity index (χ1n) is 10.4. The van der Waals surface area contributed by atoms with Crippen molar-refractivity contribution < 1.29 is 23.9 Å². The van der Waals surface area contributed by atoms with Crippen molar-refractivity contribution in [3.8, 4) is 11.5 Å². The van der Waals surface area contributed by atoms with E-state index >= 15 is 0 Å². The lowest BCUT2D eigenvalue weighted by molar-refractivity contribution is -0.129. The van der Waals surface area contributed by atoms with Crippen molar-refractivity contribution in [3.63, 3.8) is 0 Å². The van der Waals surface area contributed by atoms with Crippen molar-refractivity contribution in [2.45, 2.75) is 38.4 Å². The topological polar surface area (TPSA) is 88.2 Å². The number of hydrogen-bond donors (Lipinski definition) is 1. The number of nitrogens with one attached hydrogen (secondary N) is 1. The smallest absolute Gasteiger partial charge is 0.271 e. The summed E-state index contributed by atoms with van der Waals surface area (Å²) < 4.78 is 11.2. The van der Waals surface area contributed by atoms with Gasteiger partial charge in [-0.1, -0.05) is 12.1 Å². The second kappa shape index (κ2) is 7.01. The van der Waals surface area contributed by atoms with Crippen LogP contribution in [0.1, 0.15) is 37.0 Å². The summed E-state index contributed by atoms with van der Waals surface area (Å²) >= 11 is 0. The predicted molar refractivity (Wildman–Crippen MR) is 113 cm³/mol. The number of carbonyl (C=O) groups is 3. The standard InChI is InChI=1S/C23H23N3O5/c1-14(2)25-21(28)16-5-3-4-6-17(16)26-20(27)9-10-23(25,26)22(29)24-15-7-8-18-19(13-15)31-12-11-30-18/h3-8,13-14H,9-12H2,1-2H3,(H,24,29). The minimum absolute atomic E-state index is 0.178. The average molecular weight is 421 g/mol. The second-order valence-corrected chi connectivity index (χ2v) is 8.14. The summed E-state index contributed by atoms with van der Waals surface area (Å²) in [6.07, 6.45) is 0.403. The van der Waals surface area contributed by atoms with Gasteiger partial charge in [-0.15, -0.1) is 0 Å². The number of anilines is 2. The Kier molecular flexibility index (Phi) is 4.39. The first-order chi connectivity index (χ1) is 14.9. The third-order valence-corrected chi connectivity index (χ3v) is 5.98. The lowest BCUT2D eigenvalue weighted by Gasteiger charge is -2.50. The lowest BCUT2D eigenvalue weighted by atomic mass is 9.94. The van der Waals surface area contributed by atoms with Crippen LogP contribution >= 0.6 is 0 Å². The van der Waals surface area contributed by atoms with E-state index in [4.69, 9.17) is 9.47 Å². The van der Waals surface area contributed by atoms with Gasteiger partial charge in [-0.05, 0) is 38.1 Å². The van der Waals surface area contributed by atoms with Gasteiger partial charge in [0.1, 0.15) is 13.2 Å². The lowest BCUT2D eigenvalue weighted by Crippen LogP contribution is -2.70. The molecule has 0 spiro atoms. The largest absolute Gasteiger partial charge is 0.486 e. The third kappa shape index (κ3) is 2.78. The van der Waals surface area contributed by atoms with Crippen LogP contribution in [0.25, 0.3) is 0 Å². The Morgan fingerprint density at radius 3 is 2.58 bits per heavy atom. The summed E-state index contributed by atoms with van der Waals surface area (Å²) in [7, 11) is 0. The van der Waals surface area contributed by atoms with E-state index in [0.29, 0.717) is 41.7 Å². The molecule has 0 aliphatic carbocycles. The summed E-state index contributed by atoms with van der Waals surface area (Å²) in [5, 5.41) is 2.92. The van der Waals surface area contributed by atoms with Crippen LogP contribution in [0, 0.1) is 0 Å². The Morgan fingerprint density at radius 2 is 1.81 bits per heavy atom. The molecular formula is C23H23N3O5. The van der Waals surface area contributed by atoms with Gasteiger partial charge in [0.05, 0.1) is 11.3 Å². The molecule has 0 aromatic heterocycles. The fraction of sp³-hybridized carbons (Fsp3) is 0.348. The highest BCUT2D eigenvalue weighted by Gasteiger charge is 2.61. The zero-order chi connectivity index (χ0) is 21.8. The molecule has 0 radical (unpaired) electrons. The number of ether oxygens (including phenoxy) is 2. The Bertz CT molecular complexity index is 1100. The maximum atomic E-state index is 13.8. The van der Waals surface area contributed by atoms with E-state index in [0.717, 1.165) is 0 Å². The highest BCUT2D eigenvalue weighted by molar-refractivity contribution is 6.18. The van der Waals surface area contributed by atoms with Crippen molar-refractivity contribution in [1.29, 1.82) is 0 Å². The maximum absolute atomic E-state index is 13.8. The van der Waals surface area contributed by atoms with Crippen LogP contribution in [-0.2, 0) is 9.59 Å². The maximum Gasteiger partial charge on any atom is 0.271 e. The number of para-hydroxylation sites is 1. The molecule has 8 heteroatoms. The second-order valence-electron chi connectivity index (χ2n) is 8.14. The Morgan fingerprint density at radius 1 is 1.06 bits per heavy atom. The number of nitrogens with zero attached hydrogens (tertiary/aromatic N) is 2. The van der Waals surface area contributed by atoms with E-state index in [-0.39, 0.29) is 30.7 Å². The fourth-order valence-corrected chi connectivity index (χ4v) is 4.76. The summed E-state index contributed by atoms with van der Waals surface area (Å²) in [5.41, 5.74) is -0.0133. The molecule has 8 nitrogen and oxygen atoms in total. The quantitative estimate of drug-likeness (QED) is 0.823. The molecule has 2 aromatic rings. The van der Waals surface area contributed by atoms with E-state index in [1.54, 1.807) is 42.5 Å². The van der Waals surface area contributed by atoms with E-state index in [9.17, 15) is 14.4 Å². The molecule has 5 rings (SSSR count). The number of hydrogen-bond acceptors (Lipinski definition) is 5. The molecule has 1 fully saturated rings. The van der Waals surface area contributed by atoms with Crippen LogP contribution in [0.15, 0.2) is 42.5 Å². The Labute approximate surface area is 179 Å². The molecule has 3 heterocycles. The number of amides is 3. The van der Waals surface area contributed by atoms with Crippen LogP contribution in [0.5, 0.6) is 11.5 Å². The van der Waals surface area contributed by atoms with Gasteiger partial charge in [-0.2, -0.15) is 0 Å². The molecule has 1 saturated heterocycles. The van der Waals surface area contributed by atoms with Gasteiger partial charge in [-0.25, -0.2) is 0 Å². The van der Waals surface area contributed by atoms with Crippen molar-refractivity contribution in [3.05, 3.63) is 48.0 Å². The summed E-state index contributed by atoms with van der Waals surface area (Å²) in [4.78, 5) is 43.2. The summed E-state index contributed by atoms with van der Waals surface area (Å²) in [6.45, 7) is 4.62. The van der Waals surface area contributed by atoms with Crippen LogP contribution < -0.4 is 19.7 Å². The van der Waals surface area contributed by atoms with Crippen molar-refractivity contribution in [1.82, 2.24) is 4.90 Å². The third-order valence-electron chi connectivity index (χ3n) is 5.98. The normalized spacial score (nSPS) is 21.8. The SMILES string of the molecule is CC(C)N1C(=O)c2ccccc2N2C(=O)CCC21C(=O)Nc1ccc2c(c1)OCCO2. The zero-order valence-corrected chi connectivity index (χ0v) is 17.4. The van der Waals surface area contributed by atoms with Crippen molar-refractivity contribution in [2.75, 3.05) is 23.4 Å². The van der Waals surface area contributed by atoms with Gasteiger partial charge in [0.15, 0.2) is 11.5 Å². The van der Waals surface area contributed by atoms with Crippen molar-refractivity contribution >= 4 is 29.1 Å². The molecule has 1 atom stereocenters. The van der Waals surface area contributed by atoms with Crippen LogP contribution in [0.4, 0.5) is 11.4 Å². The minimum atomic E-state index is -1.43. The molecule has 3 aliphatic rings. The van der Waals surface area contributed by atoms with E-state index in [1.165, 1.54) is 9.80 Å². The van der Waals surface area contributed by atoms with E-state index < -0.39 is 11.6 Å². The van der Waals surface area contributed by atoms with Gasteiger partial charge in [-0.3, -0.25) is 19.3 Å². The molecule has 1 N–H and O–H groups in total. The number of carbonyl (C=O) groups excluding carboxylic acids is 3. The first-order valence-corrected chi connectivity index (χ1v) is 10.4. The van der Waals surface area contributed by atoms with Gasteiger partial charge in [0.2, 0.25) is 11.6 Å². The van der Waals surface area contributed by atoms with Gasteiger partial charge < -0.3 is 19.7 Å². The number of fused-ring (bicyclic) bond motifs is 4.